The molecule has 0 atom stereocenters. The van der Waals surface area contributed by atoms with Crippen molar-refractivity contribution in [2.75, 3.05) is 0 Å². The van der Waals surface area contributed by atoms with Crippen molar-refractivity contribution in [3.8, 4) is 11.5 Å². The van der Waals surface area contributed by atoms with Crippen molar-refractivity contribution in [3.63, 3.8) is 0 Å². The summed E-state index contributed by atoms with van der Waals surface area (Å²) in [4.78, 5) is 7.38. The van der Waals surface area contributed by atoms with Gasteiger partial charge in [-0.3, -0.25) is 0 Å². The van der Waals surface area contributed by atoms with Crippen molar-refractivity contribution in [1.29, 1.82) is 0 Å². The molecule has 3 aromatic rings. The molecule has 2 aromatic heterocycles. The minimum atomic E-state index is -1.63. The number of halogens is 4. The van der Waals surface area contributed by atoms with Gasteiger partial charge in [-0.2, -0.15) is 0 Å². The summed E-state index contributed by atoms with van der Waals surface area (Å²) in [6.07, 6.45) is 0.902. The summed E-state index contributed by atoms with van der Waals surface area (Å²) in [6.45, 7) is 0. The summed E-state index contributed by atoms with van der Waals surface area (Å²) in [5.41, 5.74) is -0.336. The van der Waals surface area contributed by atoms with E-state index in [1.807, 2.05) is 0 Å². The van der Waals surface area contributed by atoms with Crippen LogP contribution in [0.2, 0.25) is 0 Å². The summed E-state index contributed by atoms with van der Waals surface area (Å²) in [5.74, 6) is -5.31. The van der Waals surface area contributed by atoms with Crippen LogP contribution in [0.15, 0.2) is 28.8 Å². The molecule has 0 aliphatic rings. The zero-order chi connectivity index (χ0) is 13.6. The first kappa shape index (κ1) is 11.6. The average Bonchev–Trinajstić information content (AvgIpc) is 2.78. The molecule has 1 aromatic carbocycles. The van der Waals surface area contributed by atoms with Crippen molar-refractivity contribution in [3.05, 3.63) is 47.7 Å². The lowest BCUT2D eigenvalue weighted by molar-refractivity contribution is 0.446. The molecule has 0 unspecified atom stereocenters. The maximum Gasteiger partial charge on any atom is 0.247 e. The molecule has 19 heavy (non-hydrogen) atoms. The highest BCUT2D eigenvalue weighted by Crippen LogP contribution is 2.27. The highest BCUT2D eigenvalue weighted by molar-refractivity contribution is 5.72. The van der Waals surface area contributed by atoms with Gasteiger partial charge in [-0.05, 0) is 12.1 Å². The average molecular weight is 268 g/mol. The largest absolute Gasteiger partial charge is 0.418 e. The van der Waals surface area contributed by atoms with Crippen LogP contribution in [0.25, 0.3) is 22.7 Å². The Kier molecular flexibility index (Phi) is 2.48. The first-order valence-electron chi connectivity index (χ1n) is 5.12. The van der Waals surface area contributed by atoms with E-state index in [2.05, 4.69) is 9.97 Å². The van der Waals surface area contributed by atoms with E-state index in [0.717, 1.165) is 24.4 Å². The first-order valence-corrected chi connectivity index (χ1v) is 5.12. The minimum absolute atomic E-state index is 0.0273. The van der Waals surface area contributed by atoms with Crippen molar-refractivity contribution in [2.24, 2.45) is 0 Å². The molecular formula is C12H4F4N2O. The van der Waals surface area contributed by atoms with Gasteiger partial charge in [-0.1, -0.05) is 0 Å². The van der Waals surface area contributed by atoms with Gasteiger partial charge in [0.1, 0.15) is 11.3 Å². The van der Waals surface area contributed by atoms with Crippen LogP contribution >= 0.6 is 0 Å². The third-order valence-corrected chi connectivity index (χ3v) is 2.48. The Balaban J connectivity index is 2.22. The van der Waals surface area contributed by atoms with Gasteiger partial charge in [0, 0.05) is 6.07 Å². The molecule has 2 heterocycles. The quantitative estimate of drug-likeness (QED) is 0.501. The predicted molar refractivity (Wildman–Crippen MR) is 57.1 cm³/mol. The van der Waals surface area contributed by atoms with Crippen LogP contribution in [0.5, 0.6) is 0 Å². The fourth-order valence-corrected chi connectivity index (χ4v) is 1.60. The fraction of sp³-hybridized carbons (Fsp3) is 0. The number of oxazole rings is 1. The number of fused-ring (bicyclic) bond motifs is 1. The van der Waals surface area contributed by atoms with Gasteiger partial charge in [0.15, 0.2) is 17.5 Å². The second-order valence-electron chi connectivity index (χ2n) is 3.72. The second-order valence-corrected chi connectivity index (χ2v) is 3.72. The number of rotatable bonds is 1. The zero-order valence-corrected chi connectivity index (χ0v) is 9.12. The van der Waals surface area contributed by atoms with Crippen molar-refractivity contribution in [2.45, 2.75) is 0 Å². The molecule has 0 radical (unpaired) electrons. The molecule has 0 saturated carbocycles. The number of hydrogen-bond acceptors (Lipinski definition) is 3. The number of hydrogen-bond donors (Lipinski definition) is 0. The van der Waals surface area contributed by atoms with Crippen LogP contribution in [0.4, 0.5) is 17.6 Å². The summed E-state index contributed by atoms with van der Waals surface area (Å²) >= 11 is 0. The molecule has 96 valence electrons. The standard InChI is InChI=1S/C12H4F4N2O/c13-5-3-8-12(17-4-5)19-11(18-8)6-1-2-7(14)10(16)9(6)15/h1-4H. The first-order chi connectivity index (χ1) is 9.06. The molecule has 0 spiro atoms. The topological polar surface area (TPSA) is 38.9 Å². The smallest absolute Gasteiger partial charge is 0.247 e. The van der Waals surface area contributed by atoms with E-state index in [1.54, 1.807) is 0 Å². The summed E-state index contributed by atoms with van der Waals surface area (Å²) < 4.78 is 57.4. The van der Waals surface area contributed by atoms with E-state index in [1.165, 1.54) is 0 Å². The van der Waals surface area contributed by atoms with E-state index in [4.69, 9.17) is 4.42 Å². The molecule has 0 N–H and O–H groups in total. The number of aromatic nitrogens is 2. The maximum atomic E-state index is 13.5. The highest BCUT2D eigenvalue weighted by atomic mass is 19.2. The van der Waals surface area contributed by atoms with Crippen LogP contribution in [0.3, 0.4) is 0 Å². The minimum Gasteiger partial charge on any atom is -0.418 e. The van der Waals surface area contributed by atoms with Gasteiger partial charge in [0.05, 0.1) is 11.8 Å². The van der Waals surface area contributed by atoms with Gasteiger partial charge < -0.3 is 4.42 Å². The normalized spacial score (nSPS) is 11.2. The number of benzene rings is 1. The third-order valence-electron chi connectivity index (χ3n) is 2.48. The summed E-state index contributed by atoms with van der Waals surface area (Å²) in [6, 6.07) is 2.76. The third kappa shape index (κ3) is 1.83. The highest BCUT2D eigenvalue weighted by Gasteiger charge is 2.19. The van der Waals surface area contributed by atoms with Gasteiger partial charge in [-0.25, -0.2) is 27.5 Å². The van der Waals surface area contributed by atoms with Gasteiger partial charge in [0.2, 0.25) is 11.6 Å². The van der Waals surface area contributed by atoms with Crippen molar-refractivity contribution in [1.82, 2.24) is 9.97 Å². The lowest BCUT2D eigenvalue weighted by atomic mass is 10.2. The summed E-state index contributed by atoms with van der Waals surface area (Å²) in [7, 11) is 0. The lowest BCUT2D eigenvalue weighted by Gasteiger charge is -1.99. The lowest BCUT2D eigenvalue weighted by Crippen LogP contribution is -1.93. The molecule has 0 saturated heterocycles. The Labute approximate surface area is 103 Å². The van der Waals surface area contributed by atoms with E-state index in [9.17, 15) is 17.6 Å². The summed E-state index contributed by atoms with van der Waals surface area (Å²) in [5, 5.41) is 0. The van der Waals surface area contributed by atoms with E-state index in [0.29, 0.717) is 0 Å². The second kappa shape index (κ2) is 4.04. The van der Waals surface area contributed by atoms with Crippen LogP contribution in [-0.4, -0.2) is 9.97 Å². The van der Waals surface area contributed by atoms with E-state index < -0.39 is 23.3 Å². The van der Waals surface area contributed by atoms with Crippen molar-refractivity contribution >= 4 is 11.2 Å². The molecule has 7 heteroatoms. The molecular weight excluding hydrogens is 264 g/mol. The van der Waals surface area contributed by atoms with Crippen LogP contribution < -0.4 is 0 Å². The molecule has 0 aliphatic heterocycles. The SMILES string of the molecule is Fc1cnc2oc(-c3ccc(F)c(F)c3F)nc2c1. The predicted octanol–water partition coefficient (Wildman–Crippen LogP) is 3.45. The van der Waals surface area contributed by atoms with Gasteiger partial charge >= 0.3 is 0 Å². The van der Waals surface area contributed by atoms with Crippen LogP contribution in [0.1, 0.15) is 0 Å². The Morgan fingerprint density at radius 2 is 1.79 bits per heavy atom. The Morgan fingerprint density at radius 3 is 2.58 bits per heavy atom. The molecule has 3 nitrogen and oxygen atoms in total. The van der Waals surface area contributed by atoms with E-state index in [-0.39, 0.29) is 22.7 Å². The van der Waals surface area contributed by atoms with Gasteiger partial charge in [-0.15, -0.1) is 0 Å². The zero-order valence-electron chi connectivity index (χ0n) is 9.12. The Morgan fingerprint density at radius 1 is 1.00 bits per heavy atom. The molecule has 3 rings (SSSR count). The van der Waals surface area contributed by atoms with Crippen molar-refractivity contribution < 1.29 is 22.0 Å². The molecule has 0 aliphatic carbocycles. The number of nitrogens with zero attached hydrogens (tertiary/aromatic N) is 2. The fourth-order valence-electron chi connectivity index (χ4n) is 1.60. The maximum absolute atomic E-state index is 13.5. The Hall–Kier alpha value is -2.44. The molecule has 0 bridgehead atoms. The Bertz CT molecular complexity index is 785. The molecule has 0 amide bonds. The van der Waals surface area contributed by atoms with Crippen LogP contribution in [-0.2, 0) is 0 Å². The monoisotopic (exact) mass is 268 g/mol. The van der Waals surface area contributed by atoms with E-state index >= 15 is 0 Å². The van der Waals surface area contributed by atoms with Crippen LogP contribution in [0, 0.1) is 23.3 Å². The number of pyridine rings is 1. The van der Waals surface area contributed by atoms with Gasteiger partial charge in [0.25, 0.3) is 0 Å². The molecule has 0 fully saturated rings.